The Bertz CT molecular complexity index is 580. The molecule has 2 rings (SSSR count). The van der Waals surface area contributed by atoms with E-state index in [9.17, 15) is 9.50 Å². The molecule has 22 heavy (non-hydrogen) atoms. The Hall–Kier alpha value is -0.980. The Labute approximate surface area is 138 Å². The maximum Gasteiger partial charge on any atom is 0.141 e. The SMILES string of the molecule is CC(NCC(O)COCc1cccs1)c1ccc(F)c(Cl)c1. The summed E-state index contributed by atoms with van der Waals surface area (Å²) in [5.41, 5.74) is 0.873. The Kier molecular flexibility index (Phi) is 6.79. The van der Waals surface area contributed by atoms with Gasteiger partial charge in [-0.1, -0.05) is 23.7 Å². The second-order valence-corrected chi connectivity index (χ2v) is 6.49. The first-order chi connectivity index (χ1) is 10.6. The van der Waals surface area contributed by atoms with Crippen molar-refractivity contribution in [1.29, 1.82) is 0 Å². The smallest absolute Gasteiger partial charge is 0.141 e. The third kappa shape index (κ3) is 5.34. The third-order valence-corrected chi connectivity index (χ3v) is 4.38. The van der Waals surface area contributed by atoms with Gasteiger partial charge in [0, 0.05) is 17.5 Å². The first-order valence-corrected chi connectivity index (χ1v) is 8.28. The lowest BCUT2D eigenvalue weighted by Gasteiger charge is -2.18. The quantitative estimate of drug-likeness (QED) is 0.766. The largest absolute Gasteiger partial charge is 0.389 e. The average Bonchev–Trinajstić information content (AvgIpc) is 3.01. The minimum atomic E-state index is -0.599. The van der Waals surface area contributed by atoms with Gasteiger partial charge in [0.15, 0.2) is 0 Å². The molecule has 0 amide bonds. The average molecular weight is 344 g/mol. The van der Waals surface area contributed by atoms with E-state index < -0.39 is 11.9 Å². The van der Waals surface area contributed by atoms with E-state index in [-0.39, 0.29) is 17.7 Å². The van der Waals surface area contributed by atoms with Crippen LogP contribution >= 0.6 is 22.9 Å². The van der Waals surface area contributed by atoms with Crippen molar-refractivity contribution in [1.82, 2.24) is 5.32 Å². The van der Waals surface area contributed by atoms with Crippen molar-refractivity contribution in [3.8, 4) is 0 Å². The fourth-order valence-corrected chi connectivity index (χ4v) is 2.79. The van der Waals surface area contributed by atoms with Crippen LogP contribution in [-0.4, -0.2) is 24.4 Å². The summed E-state index contributed by atoms with van der Waals surface area (Å²) in [4.78, 5) is 1.13. The number of nitrogens with one attached hydrogen (secondary N) is 1. The summed E-state index contributed by atoms with van der Waals surface area (Å²) < 4.78 is 18.6. The zero-order chi connectivity index (χ0) is 15.9. The minimum absolute atomic E-state index is 0.0370. The molecule has 1 aromatic heterocycles. The second-order valence-electron chi connectivity index (χ2n) is 5.05. The van der Waals surface area contributed by atoms with Crippen molar-refractivity contribution < 1.29 is 14.2 Å². The van der Waals surface area contributed by atoms with Gasteiger partial charge < -0.3 is 15.2 Å². The summed E-state index contributed by atoms with van der Waals surface area (Å²) in [6.07, 6.45) is -0.599. The van der Waals surface area contributed by atoms with E-state index in [1.54, 1.807) is 23.5 Å². The lowest BCUT2D eigenvalue weighted by molar-refractivity contribution is 0.0288. The van der Waals surface area contributed by atoms with Crippen molar-refractivity contribution in [3.05, 3.63) is 57.0 Å². The summed E-state index contributed by atoms with van der Waals surface area (Å²) >= 11 is 7.39. The Morgan fingerprint density at radius 2 is 2.23 bits per heavy atom. The Morgan fingerprint density at radius 3 is 2.91 bits per heavy atom. The molecule has 0 aliphatic rings. The number of hydrogen-bond donors (Lipinski definition) is 2. The fraction of sp³-hybridized carbons (Fsp3) is 0.375. The van der Waals surface area contributed by atoms with Crippen LogP contribution in [-0.2, 0) is 11.3 Å². The number of thiophene rings is 1. The molecule has 2 atom stereocenters. The van der Waals surface area contributed by atoms with Gasteiger partial charge in [-0.25, -0.2) is 4.39 Å². The molecule has 1 heterocycles. The van der Waals surface area contributed by atoms with Crippen LogP contribution in [0, 0.1) is 5.82 Å². The molecule has 0 saturated carbocycles. The second kappa shape index (κ2) is 8.60. The molecule has 0 spiro atoms. The molecule has 120 valence electrons. The van der Waals surface area contributed by atoms with Crippen LogP contribution in [0.1, 0.15) is 23.4 Å². The van der Waals surface area contributed by atoms with Crippen molar-refractivity contribution in [3.63, 3.8) is 0 Å². The van der Waals surface area contributed by atoms with Crippen LogP contribution in [0.5, 0.6) is 0 Å². The molecule has 0 bridgehead atoms. The van der Waals surface area contributed by atoms with Crippen LogP contribution in [0.15, 0.2) is 35.7 Å². The van der Waals surface area contributed by atoms with Crippen LogP contribution in [0.3, 0.4) is 0 Å². The van der Waals surface area contributed by atoms with Crippen LogP contribution in [0.4, 0.5) is 4.39 Å². The van der Waals surface area contributed by atoms with E-state index in [1.807, 2.05) is 24.4 Å². The highest BCUT2D eigenvalue weighted by atomic mass is 35.5. The van der Waals surface area contributed by atoms with Gasteiger partial charge in [-0.2, -0.15) is 0 Å². The van der Waals surface area contributed by atoms with Gasteiger partial charge in [0.25, 0.3) is 0 Å². The molecule has 2 aromatic rings. The molecule has 6 heteroatoms. The van der Waals surface area contributed by atoms with Crippen LogP contribution in [0.2, 0.25) is 5.02 Å². The molecule has 0 aliphatic carbocycles. The lowest BCUT2D eigenvalue weighted by Crippen LogP contribution is -2.32. The molecule has 0 fully saturated rings. The number of aliphatic hydroxyl groups excluding tert-OH is 1. The number of ether oxygens (including phenoxy) is 1. The van der Waals surface area contributed by atoms with E-state index in [4.69, 9.17) is 16.3 Å². The number of aliphatic hydroxyl groups is 1. The van der Waals surface area contributed by atoms with Gasteiger partial charge in [0.05, 0.1) is 24.3 Å². The minimum Gasteiger partial charge on any atom is -0.389 e. The summed E-state index contributed by atoms with van der Waals surface area (Å²) in [6.45, 7) is 3.10. The highest BCUT2D eigenvalue weighted by Crippen LogP contribution is 2.20. The van der Waals surface area contributed by atoms with Crippen molar-refractivity contribution >= 4 is 22.9 Å². The van der Waals surface area contributed by atoms with Gasteiger partial charge >= 0.3 is 0 Å². The van der Waals surface area contributed by atoms with Gasteiger partial charge in [0.2, 0.25) is 0 Å². The summed E-state index contributed by atoms with van der Waals surface area (Å²) in [7, 11) is 0. The van der Waals surface area contributed by atoms with Gasteiger partial charge in [0.1, 0.15) is 5.82 Å². The van der Waals surface area contributed by atoms with Crippen LogP contribution in [0.25, 0.3) is 0 Å². The molecule has 0 saturated heterocycles. The summed E-state index contributed by atoms with van der Waals surface area (Å²) in [5.74, 6) is -0.431. The molecule has 3 nitrogen and oxygen atoms in total. The number of benzene rings is 1. The highest BCUT2D eigenvalue weighted by molar-refractivity contribution is 7.09. The monoisotopic (exact) mass is 343 g/mol. The van der Waals surface area contributed by atoms with Crippen molar-refractivity contribution in [2.24, 2.45) is 0 Å². The topological polar surface area (TPSA) is 41.5 Å². The maximum atomic E-state index is 13.1. The molecular formula is C16H19ClFNO2S. The molecule has 2 unspecified atom stereocenters. The zero-order valence-corrected chi connectivity index (χ0v) is 13.8. The highest BCUT2D eigenvalue weighted by Gasteiger charge is 2.11. The Morgan fingerprint density at radius 1 is 1.41 bits per heavy atom. The number of halogens is 2. The van der Waals surface area contributed by atoms with E-state index in [0.29, 0.717) is 13.2 Å². The number of rotatable bonds is 8. The Balaban J connectivity index is 1.70. The standard InChI is InChI=1S/C16H19ClFNO2S/c1-11(12-4-5-16(18)15(17)7-12)19-8-13(20)9-21-10-14-3-2-6-22-14/h2-7,11,13,19-20H,8-10H2,1H3. The van der Waals surface area contributed by atoms with Gasteiger partial charge in [-0.15, -0.1) is 11.3 Å². The molecule has 0 radical (unpaired) electrons. The maximum absolute atomic E-state index is 13.1. The third-order valence-electron chi connectivity index (χ3n) is 3.24. The first kappa shape index (κ1) is 17.4. The first-order valence-electron chi connectivity index (χ1n) is 7.03. The van der Waals surface area contributed by atoms with E-state index >= 15 is 0 Å². The van der Waals surface area contributed by atoms with Crippen molar-refractivity contribution in [2.45, 2.75) is 25.7 Å². The zero-order valence-electron chi connectivity index (χ0n) is 12.3. The molecular weight excluding hydrogens is 325 g/mol. The summed E-state index contributed by atoms with van der Waals surface area (Å²) in [6, 6.07) is 8.54. The van der Waals surface area contributed by atoms with Crippen LogP contribution < -0.4 is 5.32 Å². The number of hydrogen-bond acceptors (Lipinski definition) is 4. The van der Waals surface area contributed by atoms with Gasteiger partial charge in [-0.3, -0.25) is 0 Å². The van der Waals surface area contributed by atoms with E-state index in [0.717, 1.165) is 10.4 Å². The van der Waals surface area contributed by atoms with Gasteiger partial charge in [-0.05, 0) is 36.1 Å². The summed E-state index contributed by atoms with van der Waals surface area (Å²) in [5, 5.41) is 15.2. The van der Waals surface area contributed by atoms with E-state index in [1.165, 1.54) is 6.07 Å². The normalized spacial score (nSPS) is 14.0. The predicted molar refractivity (Wildman–Crippen MR) is 87.8 cm³/mol. The lowest BCUT2D eigenvalue weighted by atomic mass is 10.1. The molecule has 2 N–H and O–H groups in total. The molecule has 0 aliphatic heterocycles. The molecule has 1 aromatic carbocycles. The predicted octanol–water partition coefficient (Wildman–Crippen LogP) is 3.77. The van der Waals surface area contributed by atoms with Crippen molar-refractivity contribution in [2.75, 3.05) is 13.2 Å². The van der Waals surface area contributed by atoms with E-state index in [2.05, 4.69) is 5.32 Å². The fourth-order valence-electron chi connectivity index (χ4n) is 1.96.